The van der Waals surface area contributed by atoms with Crippen molar-refractivity contribution in [2.24, 2.45) is 0 Å². The van der Waals surface area contributed by atoms with E-state index in [-0.39, 0.29) is 35.6 Å². The van der Waals surface area contributed by atoms with Gasteiger partial charge >= 0.3 is 99.2 Å². The third kappa shape index (κ3) is 10.0. The molecule has 0 unspecified atom stereocenters. The van der Waals surface area contributed by atoms with Crippen molar-refractivity contribution < 1.29 is 49.0 Å². The molecular formula is C41H44Cl2Zr-2. The van der Waals surface area contributed by atoms with Crippen LogP contribution in [0, 0.1) is 19.9 Å². The summed E-state index contributed by atoms with van der Waals surface area (Å²) in [6, 6.07) is 42.6. The number of hydrogen-bond acceptors (Lipinski definition) is 0. The summed E-state index contributed by atoms with van der Waals surface area (Å²) in [5.41, 5.74) is 14.1. The zero-order chi connectivity index (χ0) is 30.5. The van der Waals surface area contributed by atoms with E-state index in [1.54, 1.807) is 0 Å². The maximum absolute atomic E-state index is 3.53. The van der Waals surface area contributed by atoms with Crippen LogP contribution >= 0.6 is 0 Å². The van der Waals surface area contributed by atoms with Gasteiger partial charge in [-0.2, -0.15) is 47.0 Å². The van der Waals surface area contributed by atoms with Gasteiger partial charge in [0.2, 0.25) is 0 Å². The maximum atomic E-state index is 3.53. The van der Waals surface area contributed by atoms with E-state index in [1.807, 2.05) is 0 Å². The molecule has 0 aliphatic heterocycles. The van der Waals surface area contributed by atoms with Crippen molar-refractivity contribution in [3.05, 3.63) is 160 Å². The van der Waals surface area contributed by atoms with Gasteiger partial charge < -0.3 is 24.8 Å². The first kappa shape index (κ1) is 37.7. The van der Waals surface area contributed by atoms with Gasteiger partial charge in [-0.3, -0.25) is 0 Å². The Morgan fingerprint density at radius 3 is 1.64 bits per heavy atom. The molecule has 0 heterocycles. The third-order valence-corrected chi connectivity index (χ3v) is 9.13. The Labute approximate surface area is 293 Å². The van der Waals surface area contributed by atoms with Crippen molar-refractivity contribution in [1.82, 2.24) is 0 Å². The standard InChI is InChI=1S/C21H25.C13H10.C7H9.2ClH.Zr/c1-20(2,3)16-9-7-14-11-15-8-10-17(21(4,5)6)13-19(15)18(14)12-16;1-3-7-12(8-4-1)11-13-9-5-2-6-10-13;1-6-3-4-7(2)5-6;;;/h7,9-10,12-13H,11H2,1-6H3;1-10H;3-5H,1-2H3;2*1H;/q-1;;-1;;;+2/p-2. The fraction of sp³-hybridized carbons (Fsp3) is 0.268. The molecule has 6 rings (SSSR count). The summed E-state index contributed by atoms with van der Waals surface area (Å²) in [6.45, 7) is 17.9. The van der Waals surface area contributed by atoms with Crippen LogP contribution in [-0.2, 0) is 41.5 Å². The van der Waals surface area contributed by atoms with Gasteiger partial charge in [-0.15, -0.1) is 5.56 Å². The van der Waals surface area contributed by atoms with Crippen LogP contribution in [-0.4, -0.2) is 3.21 Å². The van der Waals surface area contributed by atoms with E-state index in [2.05, 4.69) is 171 Å². The predicted octanol–water partition coefficient (Wildman–Crippen LogP) is 4.49. The second kappa shape index (κ2) is 16.2. The average Bonchev–Trinajstić information content (AvgIpc) is 3.54. The van der Waals surface area contributed by atoms with E-state index in [4.69, 9.17) is 0 Å². The monoisotopic (exact) mass is 696 g/mol. The Morgan fingerprint density at radius 2 is 1.20 bits per heavy atom. The van der Waals surface area contributed by atoms with Gasteiger partial charge in [0.15, 0.2) is 0 Å². The molecule has 0 fully saturated rings. The van der Waals surface area contributed by atoms with Crippen molar-refractivity contribution in [2.75, 3.05) is 0 Å². The molecule has 1 aliphatic carbocycles. The Balaban J connectivity index is 0.000000253. The molecular weight excluding hydrogens is 655 g/mol. The quantitative estimate of drug-likeness (QED) is 0.234. The number of benzene rings is 4. The van der Waals surface area contributed by atoms with Gasteiger partial charge in [-0.25, -0.2) is 11.6 Å². The first-order valence-corrected chi connectivity index (χ1v) is 16.1. The van der Waals surface area contributed by atoms with E-state index in [9.17, 15) is 0 Å². The van der Waals surface area contributed by atoms with Crippen LogP contribution in [0.2, 0.25) is 0 Å². The Morgan fingerprint density at radius 1 is 0.682 bits per heavy atom. The minimum absolute atomic E-state index is 0. The van der Waals surface area contributed by atoms with Gasteiger partial charge in [0.05, 0.1) is 0 Å². The Bertz CT molecular complexity index is 1510. The summed E-state index contributed by atoms with van der Waals surface area (Å²) in [4.78, 5) is 0. The van der Waals surface area contributed by atoms with Crippen LogP contribution in [0.15, 0.2) is 109 Å². The van der Waals surface area contributed by atoms with Crippen LogP contribution < -0.4 is 24.8 Å². The van der Waals surface area contributed by atoms with Gasteiger partial charge in [0.25, 0.3) is 0 Å². The normalized spacial score (nSPS) is 11.3. The van der Waals surface area contributed by atoms with E-state index in [0.717, 1.165) is 6.42 Å². The molecule has 228 valence electrons. The molecule has 0 saturated heterocycles. The van der Waals surface area contributed by atoms with Crippen LogP contribution in [0.1, 0.15) is 86.1 Å². The first-order valence-electron chi connectivity index (χ1n) is 14.9. The van der Waals surface area contributed by atoms with Crippen molar-refractivity contribution in [3.8, 4) is 11.1 Å². The molecule has 0 spiro atoms. The van der Waals surface area contributed by atoms with Crippen molar-refractivity contribution in [1.29, 1.82) is 0 Å². The Hall–Kier alpha value is -2.44. The van der Waals surface area contributed by atoms with Gasteiger partial charge in [-0.05, 0) is 17.4 Å². The molecule has 3 heteroatoms. The third-order valence-electron chi connectivity index (χ3n) is 7.72. The van der Waals surface area contributed by atoms with E-state index < -0.39 is 0 Å². The molecule has 0 amide bonds. The summed E-state index contributed by atoms with van der Waals surface area (Å²) in [6.07, 6.45) is 1.03. The summed E-state index contributed by atoms with van der Waals surface area (Å²) < 4.78 is 1.42. The summed E-state index contributed by atoms with van der Waals surface area (Å²) in [5.74, 6) is 0. The van der Waals surface area contributed by atoms with Gasteiger partial charge in [-0.1, -0.05) is 90.1 Å². The second-order valence-electron chi connectivity index (χ2n) is 13.4. The number of aryl methyl sites for hydroxylation is 2. The fourth-order valence-electron chi connectivity index (χ4n) is 5.08. The number of halogens is 2. The summed E-state index contributed by atoms with van der Waals surface area (Å²) in [7, 11) is 0. The molecule has 0 bridgehead atoms. The summed E-state index contributed by atoms with van der Waals surface area (Å²) >= 11 is 1.46. The molecule has 5 aromatic rings. The molecule has 44 heavy (non-hydrogen) atoms. The van der Waals surface area contributed by atoms with E-state index in [1.165, 1.54) is 83.1 Å². The molecule has 0 N–H and O–H groups in total. The van der Waals surface area contributed by atoms with Crippen LogP contribution in [0.5, 0.6) is 0 Å². The molecule has 0 atom stereocenters. The van der Waals surface area contributed by atoms with Crippen LogP contribution in [0.25, 0.3) is 11.1 Å². The first-order chi connectivity index (χ1) is 19.8. The number of fused-ring (bicyclic) bond motifs is 3. The predicted molar refractivity (Wildman–Crippen MR) is 179 cm³/mol. The van der Waals surface area contributed by atoms with E-state index >= 15 is 0 Å². The molecule has 0 radical (unpaired) electrons. The topological polar surface area (TPSA) is 0 Å². The van der Waals surface area contributed by atoms with Crippen LogP contribution in [0.3, 0.4) is 0 Å². The number of hydrogen-bond donors (Lipinski definition) is 0. The SMILES string of the molecule is CC(C)(C)c1c[c-]c2c(c1)-c1cc(C(C)(C)C)ccc1C2.Cc1c[cH-]c(C)c1.[Cl-].[Cl-].[Zr+2]=[C](c1ccccc1)c1ccccc1. The van der Waals surface area contributed by atoms with Crippen LogP contribution in [0.4, 0.5) is 0 Å². The molecule has 5 aromatic carbocycles. The van der Waals surface area contributed by atoms with Gasteiger partial charge in [0, 0.05) is 0 Å². The average molecular weight is 699 g/mol. The fourth-order valence-corrected chi connectivity index (χ4v) is 5.90. The van der Waals surface area contributed by atoms with Crippen molar-refractivity contribution >= 4 is 3.21 Å². The molecule has 1 aliphatic rings. The van der Waals surface area contributed by atoms with E-state index in [0.29, 0.717) is 0 Å². The molecule has 0 aromatic heterocycles. The molecule has 0 nitrogen and oxygen atoms in total. The second-order valence-corrected chi connectivity index (χ2v) is 14.6. The Kier molecular flexibility index (Phi) is 13.9. The van der Waals surface area contributed by atoms with Gasteiger partial charge in [0.1, 0.15) is 0 Å². The summed E-state index contributed by atoms with van der Waals surface area (Å²) in [5, 5.41) is 0. The molecule has 0 saturated carbocycles. The number of rotatable bonds is 2. The zero-order valence-electron chi connectivity index (χ0n) is 27.4. The van der Waals surface area contributed by atoms with Crippen molar-refractivity contribution in [3.63, 3.8) is 0 Å². The van der Waals surface area contributed by atoms with Crippen molar-refractivity contribution in [2.45, 2.75) is 72.6 Å². The minimum atomic E-state index is 0. The zero-order valence-corrected chi connectivity index (χ0v) is 31.3.